The van der Waals surface area contributed by atoms with Crippen LogP contribution in [0, 0.1) is 6.92 Å². The zero-order valence-corrected chi connectivity index (χ0v) is 11.6. The van der Waals surface area contributed by atoms with Crippen LogP contribution in [0.4, 0.5) is 0 Å². The SMILES string of the molecule is Cc1cc(O)c(C(=O)C=CN2CCN(C)CC2)c(=O)o1. The summed E-state index contributed by atoms with van der Waals surface area (Å²) >= 11 is 0. The highest BCUT2D eigenvalue weighted by atomic mass is 16.4. The van der Waals surface area contributed by atoms with Crippen molar-refractivity contribution in [3.05, 3.63) is 40.1 Å². The van der Waals surface area contributed by atoms with Crippen molar-refractivity contribution in [1.82, 2.24) is 9.80 Å². The summed E-state index contributed by atoms with van der Waals surface area (Å²) in [7, 11) is 2.04. The third-order valence-corrected chi connectivity index (χ3v) is 3.27. The molecule has 2 rings (SSSR count). The zero-order valence-electron chi connectivity index (χ0n) is 11.6. The summed E-state index contributed by atoms with van der Waals surface area (Å²) in [6, 6.07) is 1.26. The first kappa shape index (κ1) is 14.3. The van der Waals surface area contributed by atoms with Crippen molar-refractivity contribution in [1.29, 1.82) is 0 Å². The Morgan fingerprint density at radius 1 is 1.35 bits per heavy atom. The largest absolute Gasteiger partial charge is 0.507 e. The lowest BCUT2D eigenvalue weighted by Crippen LogP contribution is -2.41. The molecule has 0 amide bonds. The number of hydrogen-bond acceptors (Lipinski definition) is 6. The van der Waals surface area contributed by atoms with E-state index >= 15 is 0 Å². The van der Waals surface area contributed by atoms with Crippen LogP contribution in [0.15, 0.2) is 27.6 Å². The molecule has 0 atom stereocenters. The van der Waals surface area contributed by atoms with Crippen LogP contribution in [-0.2, 0) is 0 Å². The van der Waals surface area contributed by atoms with Crippen LogP contribution >= 0.6 is 0 Å². The lowest BCUT2D eigenvalue weighted by atomic mass is 10.1. The third-order valence-electron chi connectivity index (χ3n) is 3.27. The molecule has 1 aliphatic heterocycles. The lowest BCUT2D eigenvalue weighted by Gasteiger charge is -2.31. The number of piperazine rings is 1. The summed E-state index contributed by atoms with van der Waals surface area (Å²) in [6.07, 6.45) is 2.96. The van der Waals surface area contributed by atoms with Crippen molar-refractivity contribution in [2.45, 2.75) is 6.92 Å². The summed E-state index contributed by atoms with van der Waals surface area (Å²) < 4.78 is 4.83. The maximum Gasteiger partial charge on any atom is 0.351 e. The Kier molecular flexibility index (Phi) is 4.24. The Balaban J connectivity index is 2.11. The van der Waals surface area contributed by atoms with Crippen LogP contribution < -0.4 is 5.63 Å². The molecule has 2 heterocycles. The van der Waals surface area contributed by atoms with Crippen LogP contribution in [0.3, 0.4) is 0 Å². The standard InChI is InChI=1S/C14H18N2O4/c1-10-9-12(18)13(14(19)20-10)11(17)3-4-16-7-5-15(2)6-8-16/h3-4,9,18H,5-8H2,1-2H3. The van der Waals surface area contributed by atoms with E-state index in [9.17, 15) is 14.7 Å². The Bertz CT molecular complexity index is 583. The van der Waals surface area contributed by atoms with E-state index in [1.807, 2.05) is 11.9 Å². The van der Waals surface area contributed by atoms with Gasteiger partial charge in [0.05, 0.1) is 0 Å². The first-order valence-electron chi connectivity index (χ1n) is 6.46. The monoisotopic (exact) mass is 278 g/mol. The number of rotatable bonds is 3. The molecule has 0 radical (unpaired) electrons. The van der Waals surface area contributed by atoms with Gasteiger partial charge < -0.3 is 19.3 Å². The number of aryl methyl sites for hydroxylation is 1. The second-order valence-corrected chi connectivity index (χ2v) is 4.92. The Hall–Kier alpha value is -2.08. The molecular formula is C14H18N2O4. The first-order valence-corrected chi connectivity index (χ1v) is 6.46. The minimum atomic E-state index is -0.810. The van der Waals surface area contributed by atoms with Gasteiger partial charge in [-0.3, -0.25) is 4.79 Å². The molecule has 1 N–H and O–H groups in total. The minimum absolute atomic E-state index is 0.270. The second-order valence-electron chi connectivity index (χ2n) is 4.92. The average Bonchev–Trinajstić information content (AvgIpc) is 2.37. The molecule has 1 saturated heterocycles. The summed E-state index contributed by atoms with van der Waals surface area (Å²) in [5, 5.41) is 9.68. The molecule has 1 aliphatic rings. The number of carbonyl (C=O) groups is 1. The van der Waals surface area contributed by atoms with Gasteiger partial charge in [-0.05, 0) is 14.0 Å². The molecule has 1 fully saturated rings. The normalized spacial score (nSPS) is 16.8. The van der Waals surface area contributed by atoms with Gasteiger partial charge in [-0.1, -0.05) is 0 Å². The maximum absolute atomic E-state index is 12.0. The molecule has 0 unspecified atom stereocenters. The van der Waals surface area contributed by atoms with E-state index in [1.54, 1.807) is 6.20 Å². The van der Waals surface area contributed by atoms with Crippen molar-refractivity contribution in [3.63, 3.8) is 0 Å². The van der Waals surface area contributed by atoms with Crippen molar-refractivity contribution < 1.29 is 14.3 Å². The number of carbonyl (C=O) groups excluding carboxylic acids is 1. The van der Waals surface area contributed by atoms with Crippen molar-refractivity contribution >= 4 is 5.78 Å². The fraction of sp³-hybridized carbons (Fsp3) is 0.429. The molecule has 6 nitrogen and oxygen atoms in total. The van der Waals surface area contributed by atoms with Gasteiger partial charge in [-0.25, -0.2) is 4.79 Å². The molecule has 1 aromatic rings. The fourth-order valence-electron chi connectivity index (χ4n) is 2.05. The van der Waals surface area contributed by atoms with E-state index in [4.69, 9.17) is 4.42 Å². The van der Waals surface area contributed by atoms with Gasteiger partial charge in [0, 0.05) is 44.5 Å². The van der Waals surface area contributed by atoms with Gasteiger partial charge >= 0.3 is 5.63 Å². The second kappa shape index (κ2) is 5.92. The summed E-state index contributed by atoms with van der Waals surface area (Å²) in [5.41, 5.74) is -1.13. The third kappa shape index (κ3) is 3.27. The zero-order chi connectivity index (χ0) is 14.7. The van der Waals surface area contributed by atoms with Gasteiger partial charge in [0.15, 0.2) is 5.78 Å². The van der Waals surface area contributed by atoms with Gasteiger partial charge in [0.2, 0.25) is 0 Å². The highest BCUT2D eigenvalue weighted by molar-refractivity contribution is 6.05. The van der Waals surface area contributed by atoms with Gasteiger partial charge in [-0.2, -0.15) is 0 Å². The number of likely N-dealkylation sites (N-methyl/N-ethyl adjacent to an activating group) is 1. The van der Waals surface area contributed by atoms with Gasteiger partial charge in [0.1, 0.15) is 17.1 Å². The molecule has 1 aromatic heterocycles. The number of hydrogen-bond donors (Lipinski definition) is 1. The quantitative estimate of drug-likeness (QED) is 0.644. The minimum Gasteiger partial charge on any atom is -0.507 e. The Morgan fingerprint density at radius 2 is 2.00 bits per heavy atom. The van der Waals surface area contributed by atoms with Crippen LogP contribution in [0.2, 0.25) is 0 Å². The summed E-state index contributed by atoms with van der Waals surface area (Å²) in [4.78, 5) is 27.8. The van der Waals surface area contributed by atoms with Gasteiger partial charge in [0.25, 0.3) is 0 Å². The number of aromatic hydroxyl groups is 1. The van der Waals surface area contributed by atoms with E-state index in [-0.39, 0.29) is 17.1 Å². The molecule has 0 bridgehead atoms. The van der Waals surface area contributed by atoms with Crippen molar-refractivity contribution in [2.75, 3.05) is 33.2 Å². The van der Waals surface area contributed by atoms with Crippen molar-refractivity contribution in [3.8, 4) is 5.75 Å². The van der Waals surface area contributed by atoms with Crippen LogP contribution in [0.25, 0.3) is 0 Å². The van der Waals surface area contributed by atoms with E-state index in [1.165, 1.54) is 19.1 Å². The average molecular weight is 278 g/mol. The lowest BCUT2D eigenvalue weighted by molar-refractivity contribution is 0.103. The van der Waals surface area contributed by atoms with Crippen molar-refractivity contribution in [2.24, 2.45) is 0 Å². The molecular weight excluding hydrogens is 260 g/mol. The number of nitrogens with zero attached hydrogens (tertiary/aromatic N) is 2. The molecule has 0 saturated carbocycles. The molecule has 6 heteroatoms. The van der Waals surface area contributed by atoms with E-state index in [0.717, 1.165) is 26.2 Å². The number of allylic oxidation sites excluding steroid dienone is 1. The van der Waals surface area contributed by atoms with Crippen LogP contribution in [0.1, 0.15) is 16.1 Å². The highest BCUT2D eigenvalue weighted by Crippen LogP contribution is 2.15. The first-order chi connectivity index (χ1) is 9.47. The predicted octanol–water partition coefficient (Wildman–Crippen LogP) is 0.598. The maximum atomic E-state index is 12.0. The molecule has 108 valence electrons. The van der Waals surface area contributed by atoms with E-state index in [0.29, 0.717) is 0 Å². The molecule has 0 spiro atoms. The van der Waals surface area contributed by atoms with Gasteiger partial charge in [-0.15, -0.1) is 0 Å². The Morgan fingerprint density at radius 3 is 2.60 bits per heavy atom. The van der Waals surface area contributed by atoms with Crippen LogP contribution in [0.5, 0.6) is 5.75 Å². The summed E-state index contributed by atoms with van der Waals surface area (Å²) in [5.74, 6) is -0.617. The predicted molar refractivity (Wildman–Crippen MR) is 73.9 cm³/mol. The summed E-state index contributed by atoms with van der Waals surface area (Å²) in [6.45, 7) is 5.05. The molecule has 0 aliphatic carbocycles. The molecule has 0 aromatic carbocycles. The Labute approximate surface area is 116 Å². The molecule has 20 heavy (non-hydrogen) atoms. The highest BCUT2D eigenvalue weighted by Gasteiger charge is 2.17. The van der Waals surface area contributed by atoms with E-state index < -0.39 is 11.4 Å². The smallest absolute Gasteiger partial charge is 0.351 e. The van der Waals surface area contributed by atoms with Crippen LogP contribution in [-0.4, -0.2) is 53.9 Å². The van der Waals surface area contributed by atoms with E-state index in [2.05, 4.69) is 4.90 Å². The number of ketones is 1. The topological polar surface area (TPSA) is 74.0 Å². The fourth-order valence-corrected chi connectivity index (χ4v) is 2.05.